The summed E-state index contributed by atoms with van der Waals surface area (Å²) in [7, 11) is -3.92. The highest BCUT2D eigenvalue weighted by Gasteiger charge is 2.51. The zero-order valence-electron chi connectivity index (χ0n) is 21.1. The third-order valence-electron chi connectivity index (χ3n) is 7.97. The van der Waals surface area contributed by atoms with Crippen LogP contribution in [0.5, 0.6) is 0 Å². The van der Waals surface area contributed by atoms with Crippen LogP contribution < -0.4 is 4.72 Å². The number of likely N-dealkylation sites (tertiary alicyclic amines) is 2. The number of benzene rings is 2. The third kappa shape index (κ3) is 5.00. The molecule has 3 fully saturated rings. The molecule has 7 nitrogen and oxygen atoms in total. The molecule has 2 saturated heterocycles. The average Bonchev–Trinajstić information content (AvgIpc) is 3.04. The second-order valence-electron chi connectivity index (χ2n) is 12.0. The molecule has 0 spiro atoms. The van der Waals surface area contributed by atoms with Crippen LogP contribution in [0.15, 0.2) is 41.3 Å². The number of halogens is 1. The number of nitrogens with one attached hydrogen (secondary N) is 1. The molecule has 2 heterocycles. The maximum absolute atomic E-state index is 13.3. The summed E-state index contributed by atoms with van der Waals surface area (Å²) >= 11 is 6.03. The summed E-state index contributed by atoms with van der Waals surface area (Å²) in [6, 6.07) is 9.38. The molecule has 2 aromatic rings. The van der Waals surface area contributed by atoms with E-state index in [9.17, 15) is 18.0 Å². The molecule has 5 rings (SSSR count). The van der Waals surface area contributed by atoms with Crippen molar-refractivity contribution >= 4 is 44.2 Å². The molecular formula is C27H34ClN3O4S. The molecule has 3 aliphatic rings. The average molecular weight is 532 g/mol. The predicted octanol–water partition coefficient (Wildman–Crippen LogP) is 4.19. The quantitative estimate of drug-likeness (QED) is 0.626. The maximum Gasteiger partial charge on any atom is 0.242 e. The Morgan fingerprint density at radius 3 is 2.61 bits per heavy atom. The Morgan fingerprint density at radius 1 is 1.11 bits per heavy atom. The fourth-order valence-corrected chi connectivity index (χ4v) is 8.27. The Morgan fingerprint density at radius 2 is 1.83 bits per heavy atom. The van der Waals surface area contributed by atoms with Gasteiger partial charge in [-0.15, -0.1) is 0 Å². The zero-order valence-corrected chi connectivity index (χ0v) is 22.7. The number of piperidine rings is 1. The summed E-state index contributed by atoms with van der Waals surface area (Å²) in [5, 5.41) is 2.16. The highest BCUT2D eigenvalue weighted by atomic mass is 35.5. The smallest absolute Gasteiger partial charge is 0.242 e. The first kappa shape index (κ1) is 25.5. The molecule has 2 aromatic carbocycles. The lowest BCUT2D eigenvalue weighted by atomic mass is 9.65. The van der Waals surface area contributed by atoms with Crippen LogP contribution in [0, 0.1) is 10.8 Å². The summed E-state index contributed by atoms with van der Waals surface area (Å²) in [6.07, 6.45) is 4.12. The number of nitrogens with zero attached hydrogens (tertiary/aromatic N) is 2. The minimum Gasteiger partial charge on any atom is -0.338 e. The van der Waals surface area contributed by atoms with Gasteiger partial charge in [-0.25, -0.2) is 8.42 Å². The van der Waals surface area contributed by atoms with Crippen molar-refractivity contribution in [3.05, 3.63) is 41.4 Å². The van der Waals surface area contributed by atoms with Gasteiger partial charge in [0.15, 0.2) is 0 Å². The fourth-order valence-electron chi connectivity index (χ4n) is 6.83. The number of hydrogen-bond acceptors (Lipinski definition) is 4. The van der Waals surface area contributed by atoms with Gasteiger partial charge in [-0.3, -0.25) is 9.59 Å². The largest absolute Gasteiger partial charge is 0.338 e. The molecule has 194 valence electrons. The van der Waals surface area contributed by atoms with Crippen molar-refractivity contribution in [3.63, 3.8) is 0 Å². The Balaban J connectivity index is 1.27. The molecule has 36 heavy (non-hydrogen) atoms. The van der Waals surface area contributed by atoms with Crippen molar-refractivity contribution in [2.45, 2.75) is 69.9 Å². The summed E-state index contributed by atoms with van der Waals surface area (Å²) in [5.74, 6) is -0.370. The molecule has 1 saturated carbocycles. The number of amides is 2. The van der Waals surface area contributed by atoms with Crippen molar-refractivity contribution in [1.29, 1.82) is 0 Å². The Kier molecular flexibility index (Phi) is 6.37. The predicted molar refractivity (Wildman–Crippen MR) is 140 cm³/mol. The van der Waals surface area contributed by atoms with Gasteiger partial charge in [0.1, 0.15) is 6.04 Å². The number of fused-ring (bicyclic) bond motifs is 3. The van der Waals surface area contributed by atoms with Gasteiger partial charge in [0.05, 0.1) is 11.4 Å². The van der Waals surface area contributed by atoms with Gasteiger partial charge in [0.2, 0.25) is 21.8 Å². The lowest BCUT2D eigenvalue weighted by Crippen LogP contribution is -2.55. The van der Waals surface area contributed by atoms with Gasteiger partial charge in [0, 0.05) is 24.2 Å². The minimum atomic E-state index is -3.92. The molecule has 2 aliphatic heterocycles. The van der Waals surface area contributed by atoms with Gasteiger partial charge in [-0.2, -0.15) is 4.72 Å². The maximum atomic E-state index is 13.3. The number of carbonyl (C=O) groups excluding carboxylic acids is 2. The Bertz CT molecular complexity index is 1330. The van der Waals surface area contributed by atoms with E-state index in [0.717, 1.165) is 36.6 Å². The van der Waals surface area contributed by atoms with E-state index in [2.05, 4.69) is 25.5 Å². The summed E-state index contributed by atoms with van der Waals surface area (Å²) in [5.41, 5.74) is 0.323. The van der Waals surface area contributed by atoms with Gasteiger partial charge in [-0.1, -0.05) is 44.5 Å². The number of hydrogen-bond donors (Lipinski definition) is 1. The van der Waals surface area contributed by atoms with E-state index in [1.807, 2.05) is 4.90 Å². The number of rotatable bonds is 5. The van der Waals surface area contributed by atoms with E-state index < -0.39 is 16.1 Å². The molecule has 2 bridgehead atoms. The number of carbonyl (C=O) groups is 2. The van der Waals surface area contributed by atoms with Crippen molar-refractivity contribution in [3.8, 4) is 0 Å². The molecule has 2 amide bonds. The van der Waals surface area contributed by atoms with Crippen LogP contribution in [0.25, 0.3) is 10.8 Å². The van der Waals surface area contributed by atoms with Gasteiger partial charge >= 0.3 is 0 Å². The first-order chi connectivity index (χ1) is 16.8. The van der Waals surface area contributed by atoms with Gasteiger partial charge in [0.25, 0.3) is 0 Å². The second-order valence-corrected chi connectivity index (χ2v) is 14.1. The van der Waals surface area contributed by atoms with Crippen molar-refractivity contribution in [1.82, 2.24) is 14.5 Å². The van der Waals surface area contributed by atoms with E-state index in [0.29, 0.717) is 24.4 Å². The van der Waals surface area contributed by atoms with E-state index in [1.165, 1.54) is 11.0 Å². The Labute approximate surface area is 218 Å². The Hall–Kier alpha value is -2.16. The van der Waals surface area contributed by atoms with Crippen molar-refractivity contribution < 1.29 is 18.0 Å². The van der Waals surface area contributed by atoms with Crippen LogP contribution in [0.3, 0.4) is 0 Å². The molecule has 0 radical (unpaired) electrons. The molecule has 3 atom stereocenters. The monoisotopic (exact) mass is 531 g/mol. The topological polar surface area (TPSA) is 86.8 Å². The van der Waals surface area contributed by atoms with E-state index in [-0.39, 0.29) is 40.1 Å². The molecule has 0 aromatic heterocycles. The number of sulfonamides is 1. The van der Waals surface area contributed by atoms with Crippen LogP contribution in [0.4, 0.5) is 0 Å². The van der Waals surface area contributed by atoms with E-state index >= 15 is 0 Å². The zero-order chi connectivity index (χ0) is 25.9. The fraction of sp³-hybridized carbons (Fsp3) is 0.556. The standard InChI is InChI=1S/C27H34ClN3O4S/c1-26(2)13-21-14-27(3,16-26)17-31(21)24(32)15-30-10-4-5-23(25(30)33)29-36(34,35)22-9-7-18-11-20(28)8-6-19(18)12-22/h6-9,11-12,21,23,29H,4-5,10,13-17H2,1-3H3. The second kappa shape index (κ2) is 8.99. The van der Waals surface area contributed by atoms with Crippen LogP contribution in [-0.2, 0) is 19.6 Å². The lowest BCUT2D eigenvalue weighted by Gasteiger charge is -2.39. The highest BCUT2D eigenvalue weighted by molar-refractivity contribution is 7.89. The summed E-state index contributed by atoms with van der Waals surface area (Å²) < 4.78 is 28.9. The third-order valence-corrected chi connectivity index (χ3v) is 9.68. The van der Waals surface area contributed by atoms with E-state index in [4.69, 9.17) is 11.6 Å². The van der Waals surface area contributed by atoms with Crippen LogP contribution in [-0.4, -0.2) is 61.7 Å². The minimum absolute atomic E-state index is 0.000797. The SMILES string of the molecule is CC1(C)CC2CC(C)(CN2C(=O)CN2CCCC(NS(=O)(=O)c3ccc4cc(Cl)ccc4c3)C2=O)C1. The molecule has 9 heteroatoms. The highest BCUT2D eigenvalue weighted by Crippen LogP contribution is 2.52. The van der Waals surface area contributed by atoms with Gasteiger partial charge < -0.3 is 9.80 Å². The van der Waals surface area contributed by atoms with Gasteiger partial charge in [-0.05, 0) is 78.0 Å². The molecule has 3 unspecified atom stereocenters. The van der Waals surface area contributed by atoms with Crippen molar-refractivity contribution in [2.24, 2.45) is 10.8 Å². The van der Waals surface area contributed by atoms with Crippen molar-refractivity contribution in [2.75, 3.05) is 19.6 Å². The molecule has 1 aliphatic carbocycles. The first-order valence-corrected chi connectivity index (χ1v) is 14.5. The summed E-state index contributed by atoms with van der Waals surface area (Å²) in [6.45, 7) is 7.97. The van der Waals surface area contributed by atoms with E-state index in [1.54, 1.807) is 30.3 Å². The van der Waals surface area contributed by atoms with Crippen LogP contribution >= 0.6 is 11.6 Å². The van der Waals surface area contributed by atoms with Crippen LogP contribution in [0.1, 0.15) is 52.9 Å². The summed E-state index contributed by atoms with van der Waals surface area (Å²) in [4.78, 5) is 30.1. The first-order valence-electron chi connectivity index (χ1n) is 12.6. The normalized spacial score (nSPS) is 28.1. The molecule has 1 N–H and O–H groups in total. The molecular weight excluding hydrogens is 498 g/mol. The van der Waals surface area contributed by atoms with Crippen LogP contribution in [0.2, 0.25) is 5.02 Å². The lowest BCUT2D eigenvalue weighted by molar-refractivity contribution is -0.143.